The van der Waals surface area contributed by atoms with Gasteiger partial charge in [-0.2, -0.15) is 0 Å². The molecule has 0 unspecified atom stereocenters. The third kappa shape index (κ3) is 5.46. The minimum absolute atomic E-state index is 0.101. The molecule has 2 aromatic rings. The number of fused-ring (bicyclic) bond motifs is 1. The highest BCUT2D eigenvalue weighted by Gasteiger charge is 2.26. The molecule has 2 amide bonds. The predicted molar refractivity (Wildman–Crippen MR) is 128 cm³/mol. The maximum atomic E-state index is 13.1. The number of rotatable bonds is 6. The lowest BCUT2D eigenvalue weighted by Gasteiger charge is -2.23. The molecule has 0 aliphatic carbocycles. The Kier molecular flexibility index (Phi) is 7.28. The summed E-state index contributed by atoms with van der Waals surface area (Å²) in [5.41, 5.74) is 4.72. The topological polar surface area (TPSA) is 97.0 Å². The molecule has 0 fully saturated rings. The van der Waals surface area contributed by atoms with Crippen LogP contribution in [0.2, 0.25) is 5.02 Å². The first-order valence-electron chi connectivity index (χ1n) is 10.2. The highest BCUT2D eigenvalue weighted by Crippen LogP contribution is 2.34. The van der Waals surface area contributed by atoms with Crippen molar-refractivity contribution in [3.05, 3.63) is 57.8 Å². The smallest absolute Gasteiger partial charge is 0.311 e. The van der Waals surface area contributed by atoms with E-state index < -0.39 is 17.8 Å². The molecule has 1 heterocycles. The summed E-state index contributed by atoms with van der Waals surface area (Å²) in [6.07, 6.45) is 1.21. The average Bonchev–Trinajstić information content (AvgIpc) is 2.87. The summed E-state index contributed by atoms with van der Waals surface area (Å²) in [6, 6.07) is 7.05. The SMILES string of the molecule is COC(=O)CC1=CC(=O)N(CC(=O)Nc2cc(C)c(Cl)cc2OC)c2cc(C)c(C)cc2N1. The molecule has 2 N–H and O–H groups in total. The number of carbonyl (C=O) groups is 3. The van der Waals surface area contributed by atoms with Crippen molar-refractivity contribution in [1.29, 1.82) is 0 Å². The van der Waals surface area contributed by atoms with Gasteiger partial charge < -0.3 is 20.1 Å². The zero-order valence-electron chi connectivity index (χ0n) is 19.2. The Morgan fingerprint density at radius 1 is 1.06 bits per heavy atom. The Balaban J connectivity index is 1.94. The molecule has 0 bridgehead atoms. The fourth-order valence-electron chi connectivity index (χ4n) is 3.43. The summed E-state index contributed by atoms with van der Waals surface area (Å²) in [5.74, 6) is -0.923. The minimum Gasteiger partial charge on any atom is -0.495 e. The molecule has 174 valence electrons. The van der Waals surface area contributed by atoms with Crippen LogP contribution in [0.3, 0.4) is 0 Å². The van der Waals surface area contributed by atoms with Crippen molar-refractivity contribution < 1.29 is 23.9 Å². The van der Waals surface area contributed by atoms with Gasteiger partial charge in [-0.05, 0) is 55.7 Å². The van der Waals surface area contributed by atoms with Gasteiger partial charge in [0.2, 0.25) is 5.91 Å². The summed E-state index contributed by atoms with van der Waals surface area (Å²) in [6.45, 7) is 5.44. The third-order valence-electron chi connectivity index (χ3n) is 5.38. The zero-order valence-corrected chi connectivity index (χ0v) is 19.9. The molecular weight excluding hydrogens is 446 g/mol. The number of ether oxygens (including phenoxy) is 2. The van der Waals surface area contributed by atoms with E-state index >= 15 is 0 Å². The van der Waals surface area contributed by atoms with E-state index in [0.717, 1.165) is 16.7 Å². The number of esters is 1. The highest BCUT2D eigenvalue weighted by atomic mass is 35.5. The van der Waals surface area contributed by atoms with E-state index in [1.54, 1.807) is 12.1 Å². The van der Waals surface area contributed by atoms with E-state index in [9.17, 15) is 14.4 Å². The van der Waals surface area contributed by atoms with Gasteiger partial charge in [0.15, 0.2) is 0 Å². The molecule has 0 saturated carbocycles. The van der Waals surface area contributed by atoms with E-state index in [4.69, 9.17) is 21.1 Å². The number of hydrogen-bond acceptors (Lipinski definition) is 6. The second-order valence-corrected chi connectivity index (χ2v) is 8.18. The largest absolute Gasteiger partial charge is 0.495 e. The Morgan fingerprint density at radius 2 is 1.76 bits per heavy atom. The molecule has 3 rings (SSSR count). The van der Waals surface area contributed by atoms with Crippen LogP contribution in [0.5, 0.6) is 5.75 Å². The molecule has 0 atom stereocenters. The van der Waals surface area contributed by atoms with Crippen molar-refractivity contribution in [1.82, 2.24) is 0 Å². The number of nitrogens with zero attached hydrogens (tertiary/aromatic N) is 1. The van der Waals surface area contributed by atoms with Crippen molar-refractivity contribution in [2.24, 2.45) is 0 Å². The van der Waals surface area contributed by atoms with Crippen molar-refractivity contribution in [2.45, 2.75) is 27.2 Å². The minimum atomic E-state index is -0.483. The van der Waals surface area contributed by atoms with Gasteiger partial charge in [0.05, 0.1) is 37.7 Å². The molecule has 0 saturated heterocycles. The Morgan fingerprint density at radius 3 is 2.42 bits per heavy atom. The normalized spacial score (nSPS) is 12.8. The first-order valence-corrected chi connectivity index (χ1v) is 10.6. The fraction of sp³-hybridized carbons (Fsp3) is 0.292. The number of aryl methyl sites for hydroxylation is 3. The van der Waals surface area contributed by atoms with E-state index in [-0.39, 0.29) is 13.0 Å². The Hall–Kier alpha value is -3.52. The maximum Gasteiger partial charge on any atom is 0.311 e. The standard InChI is InChI=1S/C24H26ClN3O5/c1-13-6-18-20(8-14(13)2)28(23(30)9-16(26-18)10-24(31)33-5)12-22(29)27-19-7-15(3)17(25)11-21(19)32-4/h6-9,11,26H,10,12H2,1-5H3,(H,27,29). The number of halogens is 1. The number of benzene rings is 2. The quantitative estimate of drug-likeness (QED) is 0.615. The van der Waals surface area contributed by atoms with Crippen LogP contribution < -0.4 is 20.3 Å². The first kappa shape index (κ1) is 24.1. The van der Waals surface area contributed by atoms with Gasteiger partial charge >= 0.3 is 5.97 Å². The third-order valence-corrected chi connectivity index (χ3v) is 5.79. The molecule has 8 nitrogen and oxygen atoms in total. The molecule has 1 aliphatic rings. The van der Waals surface area contributed by atoms with Crippen molar-refractivity contribution >= 4 is 46.4 Å². The van der Waals surface area contributed by atoms with Gasteiger partial charge in [-0.1, -0.05) is 11.6 Å². The van der Waals surface area contributed by atoms with Crippen molar-refractivity contribution in [3.63, 3.8) is 0 Å². The second-order valence-electron chi connectivity index (χ2n) is 7.78. The first-order chi connectivity index (χ1) is 15.6. The summed E-state index contributed by atoms with van der Waals surface area (Å²) in [5, 5.41) is 6.45. The number of amides is 2. The molecule has 0 radical (unpaired) electrons. The average molecular weight is 472 g/mol. The zero-order chi connectivity index (χ0) is 24.3. The summed E-state index contributed by atoms with van der Waals surface area (Å²) < 4.78 is 10.0. The van der Waals surface area contributed by atoms with Crippen LogP contribution in [0.25, 0.3) is 0 Å². The molecule has 1 aliphatic heterocycles. The summed E-state index contributed by atoms with van der Waals surface area (Å²) in [7, 11) is 2.77. The fourth-order valence-corrected chi connectivity index (χ4v) is 3.58. The van der Waals surface area contributed by atoms with Crippen LogP contribution in [-0.2, 0) is 19.1 Å². The number of nitrogens with one attached hydrogen (secondary N) is 2. The predicted octanol–water partition coefficient (Wildman–Crippen LogP) is 4.12. The summed E-state index contributed by atoms with van der Waals surface area (Å²) in [4.78, 5) is 39.2. The van der Waals surface area contributed by atoms with Gasteiger partial charge in [-0.3, -0.25) is 19.3 Å². The molecular formula is C24H26ClN3O5. The van der Waals surface area contributed by atoms with Gasteiger partial charge in [-0.15, -0.1) is 0 Å². The second kappa shape index (κ2) is 9.95. The van der Waals surface area contributed by atoms with E-state index in [0.29, 0.717) is 33.5 Å². The number of methoxy groups -OCH3 is 2. The lowest BCUT2D eigenvalue weighted by molar-refractivity contribution is -0.139. The maximum absolute atomic E-state index is 13.1. The van der Waals surface area contributed by atoms with Gasteiger partial charge in [-0.25, -0.2) is 0 Å². The van der Waals surface area contributed by atoms with Gasteiger partial charge in [0, 0.05) is 22.9 Å². The van der Waals surface area contributed by atoms with Crippen molar-refractivity contribution in [2.75, 3.05) is 36.3 Å². The lowest BCUT2D eigenvalue weighted by atomic mass is 10.1. The van der Waals surface area contributed by atoms with Crippen LogP contribution in [-0.4, -0.2) is 38.5 Å². The van der Waals surface area contributed by atoms with E-state index in [1.807, 2.05) is 32.9 Å². The number of carbonyl (C=O) groups excluding carboxylic acids is 3. The van der Waals surface area contributed by atoms with Crippen LogP contribution in [0.1, 0.15) is 23.1 Å². The number of anilines is 3. The number of hydrogen-bond donors (Lipinski definition) is 2. The van der Waals surface area contributed by atoms with E-state index in [2.05, 4.69) is 10.6 Å². The van der Waals surface area contributed by atoms with Gasteiger partial charge in [0.25, 0.3) is 5.91 Å². The monoisotopic (exact) mass is 471 g/mol. The molecule has 9 heteroatoms. The van der Waals surface area contributed by atoms with E-state index in [1.165, 1.54) is 25.2 Å². The summed E-state index contributed by atoms with van der Waals surface area (Å²) >= 11 is 6.15. The Bertz CT molecular complexity index is 1160. The van der Waals surface area contributed by atoms with Crippen LogP contribution in [0.15, 0.2) is 36.0 Å². The lowest BCUT2D eigenvalue weighted by Crippen LogP contribution is -2.37. The molecule has 0 aromatic heterocycles. The van der Waals surface area contributed by atoms with Crippen LogP contribution in [0.4, 0.5) is 17.1 Å². The van der Waals surface area contributed by atoms with Gasteiger partial charge in [0.1, 0.15) is 12.3 Å². The Labute approximate surface area is 197 Å². The van der Waals surface area contributed by atoms with Crippen molar-refractivity contribution in [3.8, 4) is 5.75 Å². The highest BCUT2D eigenvalue weighted by molar-refractivity contribution is 6.31. The van der Waals surface area contributed by atoms with Crippen LogP contribution >= 0.6 is 11.6 Å². The molecule has 0 spiro atoms. The van der Waals surface area contributed by atoms with Crippen LogP contribution in [0, 0.1) is 20.8 Å². The molecule has 33 heavy (non-hydrogen) atoms. The molecule has 2 aromatic carbocycles.